The second kappa shape index (κ2) is 11.8. The summed E-state index contributed by atoms with van der Waals surface area (Å²) in [6, 6.07) is 39.5. The Balaban J connectivity index is 1.15. The Kier molecular flexibility index (Phi) is 7.02. The van der Waals surface area contributed by atoms with Gasteiger partial charge in [0.2, 0.25) is 0 Å². The molecule has 5 aliphatic carbocycles. The van der Waals surface area contributed by atoms with Crippen molar-refractivity contribution in [1.29, 1.82) is 0 Å². The third-order valence-electron chi connectivity index (χ3n) is 12.4. The highest BCUT2D eigenvalue weighted by Crippen LogP contribution is 2.70. The number of rotatable bonds is 6. The minimum Gasteiger partial charge on any atom is -0.257 e. The van der Waals surface area contributed by atoms with Crippen molar-refractivity contribution in [3.05, 3.63) is 151 Å². The van der Waals surface area contributed by atoms with Crippen LogP contribution < -0.4 is 0 Å². The van der Waals surface area contributed by atoms with Crippen LogP contribution in [-0.4, -0.2) is 20.7 Å². The molecule has 248 valence electrons. The summed E-state index contributed by atoms with van der Waals surface area (Å²) in [6.07, 6.45) is 12.3. The zero-order valence-corrected chi connectivity index (χ0v) is 29.0. The number of benzene rings is 5. The van der Waals surface area contributed by atoms with Gasteiger partial charge in [-0.2, -0.15) is 0 Å². The number of nitrogens with zero attached hydrogens (tertiary/aromatic N) is 4. The fraction of sp³-hybridized carbons (Fsp3) is 0.234. The van der Waals surface area contributed by atoms with Crippen LogP contribution in [0.15, 0.2) is 139 Å². The topological polar surface area (TPSA) is 51.0 Å². The van der Waals surface area contributed by atoms with Crippen LogP contribution in [0.3, 0.4) is 0 Å². The molecule has 5 aliphatic rings. The van der Waals surface area contributed by atoms with E-state index >= 15 is 0 Å². The van der Waals surface area contributed by atoms with E-state index in [1.54, 1.807) is 17.8 Å². The second-order valence-electron chi connectivity index (χ2n) is 15.1. The van der Waals surface area contributed by atoms with Crippen LogP contribution in [-0.2, 0) is 5.41 Å². The lowest BCUT2D eigenvalue weighted by Crippen LogP contribution is -2.55. The summed E-state index contributed by atoms with van der Waals surface area (Å²) < 4.78 is 0. The third-order valence-corrected chi connectivity index (χ3v) is 12.4. The molecule has 5 aromatic carbocycles. The molecular formula is C47H40N4. The maximum absolute atomic E-state index is 5.21. The van der Waals surface area contributed by atoms with Crippen LogP contribution in [0.5, 0.6) is 0 Å². The van der Waals surface area contributed by atoms with E-state index < -0.39 is 0 Å². The molecule has 0 unspecified atom stereocenters. The average Bonchev–Trinajstić information content (AvgIpc) is 3.48. The van der Waals surface area contributed by atoms with E-state index in [0.717, 1.165) is 39.8 Å². The normalized spacial score (nSPS) is 24.4. The smallest absolute Gasteiger partial charge is 0.164 e. The quantitative estimate of drug-likeness (QED) is 0.167. The van der Waals surface area contributed by atoms with Crippen LogP contribution in [0.1, 0.15) is 55.7 Å². The van der Waals surface area contributed by atoms with Crippen molar-refractivity contribution in [2.24, 2.45) is 28.7 Å². The van der Waals surface area contributed by atoms with Crippen molar-refractivity contribution in [2.75, 3.05) is 0 Å². The van der Waals surface area contributed by atoms with Gasteiger partial charge >= 0.3 is 0 Å². The third kappa shape index (κ3) is 4.65. The molecule has 4 heteroatoms. The van der Waals surface area contributed by atoms with E-state index in [4.69, 9.17) is 15.0 Å². The fourth-order valence-electron chi connectivity index (χ4n) is 10.7. The monoisotopic (exact) mass is 660 g/mol. The van der Waals surface area contributed by atoms with Gasteiger partial charge in [0.15, 0.2) is 17.5 Å². The van der Waals surface area contributed by atoms with Crippen molar-refractivity contribution in [3.63, 3.8) is 0 Å². The summed E-state index contributed by atoms with van der Waals surface area (Å²) in [5.41, 5.74) is 10.8. The Bertz CT molecular complexity index is 2370. The molecule has 4 saturated carbocycles. The summed E-state index contributed by atoms with van der Waals surface area (Å²) in [6.45, 7) is 5.93. The van der Waals surface area contributed by atoms with E-state index in [1.807, 2.05) is 31.2 Å². The zero-order valence-electron chi connectivity index (χ0n) is 29.0. The predicted octanol–water partition coefficient (Wildman–Crippen LogP) is 11.3. The lowest BCUT2D eigenvalue weighted by molar-refractivity contribution is -0.0393. The molecule has 0 N–H and O–H groups in total. The lowest BCUT2D eigenvalue weighted by atomic mass is 9.43. The zero-order chi connectivity index (χ0) is 34.1. The summed E-state index contributed by atoms with van der Waals surface area (Å²) in [7, 11) is 0. The maximum atomic E-state index is 5.21. The van der Waals surface area contributed by atoms with Gasteiger partial charge in [-0.25, -0.2) is 15.0 Å². The van der Waals surface area contributed by atoms with Crippen molar-refractivity contribution in [3.8, 4) is 45.3 Å². The minimum atomic E-state index is 0.0281. The standard InChI is InChI=1S/C47H40N4/c1-3-22-48-42(4-2)32-14-16-34(17-15-32)45-49-44(33-11-6-5-7-12-33)50-46(51-45)35-19-20-39-40-21-18-31-10-8-9-13-38(31)43(40)47(41(39)28-35)36-24-29-23-30(26-36)27-37(47)25-29/h3-22,28-30,36-37H,2,23-27H2,1H3/b22-3-,48-42+. The summed E-state index contributed by atoms with van der Waals surface area (Å²) in [4.78, 5) is 20.0. The van der Waals surface area contributed by atoms with E-state index in [-0.39, 0.29) is 5.41 Å². The van der Waals surface area contributed by atoms with Gasteiger partial charge in [0.1, 0.15) is 0 Å². The Labute approximate surface area is 299 Å². The van der Waals surface area contributed by atoms with Gasteiger partial charge in [-0.05, 0) is 108 Å². The highest BCUT2D eigenvalue weighted by atomic mass is 15.0. The van der Waals surface area contributed by atoms with Crippen LogP contribution in [0.25, 0.3) is 56.1 Å². The molecule has 11 rings (SSSR count). The van der Waals surface area contributed by atoms with Crippen molar-refractivity contribution in [1.82, 2.24) is 15.0 Å². The van der Waals surface area contributed by atoms with Gasteiger partial charge in [0.05, 0.1) is 5.71 Å². The molecule has 6 aromatic rings. The molecule has 0 amide bonds. The predicted molar refractivity (Wildman–Crippen MR) is 208 cm³/mol. The largest absolute Gasteiger partial charge is 0.257 e. The summed E-state index contributed by atoms with van der Waals surface area (Å²) >= 11 is 0. The number of aliphatic imine (C=N–C) groups is 1. The van der Waals surface area contributed by atoms with E-state index in [1.165, 1.54) is 59.6 Å². The molecule has 51 heavy (non-hydrogen) atoms. The van der Waals surface area contributed by atoms with Crippen molar-refractivity contribution < 1.29 is 0 Å². The van der Waals surface area contributed by atoms with Crippen LogP contribution in [0.2, 0.25) is 0 Å². The highest BCUT2D eigenvalue weighted by Gasteiger charge is 2.62. The molecule has 1 aromatic heterocycles. The van der Waals surface area contributed by atoms with E-state index in [2.05, 4.69) is 103 Å². The van der Waals surface area contributed by atoms with Crippen LogP contribution in [0.4, 0.5) is 0 Å². The molecule has 0 aliphatic heterocycles. The Hall–Kier alpha value is -5.48. The Morgan fingerprint density at radius 2 is 1.27 bits per heavy atom. The SMILES string of the molecule is C=C/C(=N\C=C/C)c1ccc(-c2nc(-c3ccccc3)nc(-c3ccc4c(c3)C3(c5c-4ccc4ccccc54)C4CC5CC(C4)CC3C5)n2)cc1. The van der Waals surface area contributed by atoms with E-state index in [0.29, 0.717) is 29.3 Å². The molecule has 4 bridgehead atoms. The number of hydrogen-bond donors (Lipinski definition) is 0. The first-order chi connectivity index (χ1) is 25.1. The van der Waals surface area contributed by atoms with Gasteiger partial charge in [-0.1, -0.05) is 116 Å². The maximum Gasteiger partial charge on any atom is 0.164 e. The van der Waals surface area contributed by atoms with Gasteiger partial charge < -0.3 is 0 Å². The number of aromatic nitrogens is 3. The molecule has 0 atom stereocenters. The van der Waals surface area contributed by atoms with Gasteiger partial charge in [0.25, 0.3) is 0 Å². The number of allylic oxidation sites excluding steroid dienone is 2. The lowest BCUT2D eigenvalue weighted by Gasteiger charge is -2.61. The van der Waals surface area contributed by atoms with Gasteiger partial charge in [-0.15, -0.1) is 0 Å². The molecule has 4 nitrogen and oxygen atoms in total. The van der Waals surface area contributed by atoms with E-state index in [9.17, 15) is 0 Å². The first-order valence-corrected chi connectivity index (χ1v) is 18.5. The summed E-state index contributed by atoms with van der Waals surface area (Å²) in [5.74, 6) is 5.15. The molecule has 1 spiro atoms. The van der Waals surface area contributed by atoms with Crippen LogP contribution in [0, 0.1) is 23.7 Å². The molecule has 0 saturated heterocycles. The first-order valence-electron chi connectivity index (χ1n) is 18.5. The fourth-order valence-corrected chi connectivity index (χ4v) is 10.7. The molecule has 1 heterocycles. The number of fused-ring (bicyclic) bond motifs is 5. The summed E-state index contributed by atoms with van der Waals surface area (Å²) in [5, 5.41) is 2.79. The Morgan fingerprint density at radius 3 is 1.96 bits per heavy atom. The number of hydrogen-bond acceptors (Lipinski definition) is 4. The Morgan fingerprint density at radius 1 is 0.667 bits per heavy atom. The second-order valence-corrected chi connectivity index (χ2v) is 15.1. The minimum absolute atomic E-state index is 0.0281. The first kappa shape index (κ1) is 30.4. The van der Waals surface area contributed by atoms with Crippen LogP contribution >= 0.6 is 0 Å². The molecular weight excluding hydrogens is 621 g/mol. The van der Waals surface area contributed by atoms with Gasteiger partial charge in [-0.3, -0.25) is 4.99 Å². The van der Waals surface area contributed by atoms with Gasteiger partial charge in [0, 0.05) is 33.9 Å². The molecule has 0 radical (unpaired) electrons. The van der Waals surface area contributed by atoms with Crippen molar-refractivity contribution in [2.45, 2.75) is 44.4 Å². The molecule has 4 fully saturated rings. The average molecular weight is 661 g/mol. The van der Waals surface area contributed by atoms with Crippen molar-refractivity contribution >= 4 is 16.5 Å². The highest BCUT2D eigenvalue weighted by molar-refractivity contribution is 6.08.